The number of carbonyl (C=O) groups excluding carboxylic acids is 1. The Kier molecular flexibility index (Phi) is 5.41. The van der Waals surface area contributed by atoms with Crippen LogP contribution in [0.5, 0.6) is 0 Å². The number of hydrogen-bond donors (Lipinski definition) is 2. The van der Waals surface area contributed by atoms with Gasteiger partial charge in [-0.25, -0.2) is 0 Å². The van der Waals surface area contributed by atoms with Crippen LogP contribution in [0.1, 0.15) is 26.2 Å². The highest BCUT2D eigenvalue weighted by molar-refractivity contribution is 5.90. The van der Waals surface area contributed by atoms with Gasteiger partial charge in [-0.05, 0) is 50.6 Å². The summed E-state index contributed by atoms with van der Waals surface area (Å²) in [6.45, 7) is 5.24. The highest BCUT2D eigenvalue weighted by Crippen LogP contribution is 2.19. The molecule has 0 aliphatic carbocycles. The molecule has 110 valence electrons. The molecule has 1 aliphatic rings. The van der Waals surface area contributed by atoms with E-state index in [4.69, 9.17) is 0 Å². The van der Waals surface area contributed by atoms with E-state index in [1.54, 1.807) is 0 Å². The molecule has 20 heavy (non-hydrogen) atoms. The first-order chi connectivity index (χ1) is 9.67. The molecule has 1 fully saturated rings. The van der Waals surface area contributed by atoms with E-state index in [2.05, 4.69) is 22.6 Å². The van der Waals surface area contributed by atoms with Crippen molar-refractivity contribution >= 4 is 17.3 Å². The summed E-state index contributed by atoms with van der Waals surface area (Å²) in [5.74, 6) is 0.763. The summed E-state index contributed by atoms with van der Waals surface area (Å²) in [6, 6.07) is 7.95. The molecule has 1 atom stereocenters. The van der Waals surface area contributed by atoms with Gasteiger partial charge in [0, 0.05) is 30.9 Å². The highest BCUT2D eigenvalue weighted by Gasteiger charge is 2.16. The molecule has 0 bridgehead atoms. The standard InChI is InChI=1S/C16H25N3O/c1-3-16(20)18-15-8-4-7-14(10-15)17-11-13-6-5-9-19(2)12-13/h4,7-8,10,13,17H,3,5-6,9,11-12H2,1-2H3,(H,18,20). The summed E-state index contributed by atoms with van der Waals surface area (Å²) < 4.78 is 0. The van der Waals surface area contributed by atoms with Crippen molar-refractivity contribution < 1.29 is 4.79 Å². The van der Waals surface area contributed by atoms with Gasteiger partial charge in [0.25, 0.3) is 0 Å². The fraction of sp³-hybridized carbons (Fsp3) is 0.562. The molecule has 4 heteroatoms. The summed E-state index contributed by atoms with van der Waals surface area (Å²) in [7, 11) is 2.19. The number of nitrogens with zero attached hydrogens (tertiary/aromatic N) is 1. The quantitative estimate of drug-likeness (QED) is 0.868. The van der Waals surface area contributed by atoms with E-state index >= 15 is 0 Å². The van der Waals surface area contributed by atoms with E-state index < -0.39 is 0 Å². The minimum Gasteiger partial charge on any atom is -0.385 e. The van der Waals surface area contributed by atoms with Crippen LogP contribution in [0.15, 0.2) is 24.3 Å². The second-order valence-corrected chi connectivity index (χ2v) is 5.63. The number of anilines is 2. The zero-order valence-electron chi connectivity index (χ0n) is 12.5. The lowest BCUT2D eigenvalue weighted by Crippen LogP contribution is -2.35. The number of piperidine rings is 1. The Morgan fingerprint density at radius 3 is 2.95 bits per heavy atom. The van der Waals surface area contributed by atoms with Gasteiger partial charge in [-0.15, -0.1) is 0 Å². The summed E-state index contributed by atoms with van der Waals surface area (Å²) in [4.78, 5) is 13.8. The number of likely N-dealkylation sites (tertiary alicyclic amines) is 1. The van der Waals surface area contributed by atoms with Crippen LogP contribution in [0.4, 0.5) is 11.4 Å². The number of amides is 1. The Morgan fingerprint density at radius 2 is 2.20 bits per heavy atom. The number of benzene rings is 1. The number of carbonyl (C=O) groups is 1. The summed E-state index contributed by atoms with van der Waals surface area (Å²) >= 11 is 0. The Balaban J connectivity index is 1.86. The molecular weight excluding hydrogens is 250 g/mol. The molecule has 1 saturated heterocycles. The van der Waals surface area contributed by atoms with Crippen LogP contribution >= 0.6 is 0 Å². The molecule has 0 aromatic heterocycles. The van der Waals surface area contributed by atoms with Crippen molar-refractivity contribution in [3.63, 3.8) is 0 Å². The predicted octanol–water partition coefficient (Wildman–Crippen LogP) is 2.79. The van der Waals surface area contributed by atoms with Crippen LogP contribution < -0.4 is 10.6 Å². The van der Waals surface area contributed by atoms with Gasteiger partial charge >= 0.3 is 0 Å². The number of nitrogens with one attached hydrogen (secondary N) is 2. The maximum Gasteiger partial charge on any atom is 0.224 e. The molecule has 2 rings (SSSR count). The van der Waals surface area contributed by atoms with Crippen LogP contribution in [0.2, 0.25) is 0 Å². The second-order valence-electron chi connectivity index (χ2n) is 5.63. The predicted molar refractivity (Wildman–Crippen MR) is 84.1 cm³/mol. The molecule has 4 nitrogen and oxygen atoms in total. The maximum atomic E-state index is 11.4. The zero-order valence-corrected chi connectivity index (χ0v) is 12.5. The Bertz CT molecular complexity index is 447. The first-order valence-electron chi connectivity index (χ1n) is 7.49. The molecular formula is C16H25N3O. The van der Waals surface area contributed by atoms with Crippen LogP contribution in [0.25, 0.3) is 0 Å². The van der Waals surface area contributed by atoms with E-state index in [0.717, 1.165) is 17.9 Å². The van der Waals surface area contributed by atoms with Gasteiger partial charge in [0.1, 0.15) is 0 Å². The summed E-state index contributed by atoms with van der Waals surface area (Å²) in [6.07, 6.45) is 3.09. The average molecular weight is 275 g/mol. The molecule has 0 saturated carbocycles. The van der Waals surface area contributed by atoms with Gasteiger partial charge in [0.15, 0.2) is 0 Å². The van der Waals surface area contributed by atoms with E-state index in [0.29, 0.717) is 12.3 Å². The van der Waals surface area contributed by atoms with Crippen molar-refractivity contribution in [3.8, 4) is 0 Å². The minimum absolute atomic E-state index is 0.0519. The molecule has 2 N–H and O–H groups in total. The van der Waals surface area contributed by atoms with Gasteiger partial charge in [0.2, 0.25) is 5.91 Å². The normalized spacial score (nSPS) is 19.6. The van der Waals surface area contributed by atoms with E-state index in [9.17, 15) is 4.79 Å². The molecule has 1 aromatic carbocycles. The van der Waals surface area contributed by atoms with Crippen molar-refractivity contribution in [3.05, 3.63) is 24.3 Å². The Labute approximate surface area is 121 Å². The first-order valence-corrected chi connectivity index (χ1v) is 7.49. The SMILES string of the molecule is CCC(=O)Nc1cccc(NCC2CCCN(C)C2)c1. The molecule has 1 heterocycles. The summed E-state index contributed by atoms with van der Waals surface area (Å²) in [5.41, 5.74) is 1.94. The Morgan fingerprint density at radius 1 is 1.40 bits per heavy atom. The molecule has 1 amide bonds. The molecule has 1 unspecified atom stereocenters. The van der Waals surface area contributed by atoms with Crippen LogP contribution in [0.3, 0.4) is 0 Å². The zero-order chi connectivity index (χ0) is 14.4. The number of hydrogen-bond acceptors (Lipinski definition) is 3. The molecule has 0 radical (unpaired) electrons. The molecule has 1 aliphatic heterocycles. The number of rotatable bonds is 5. The van der Waals surface area contributed by atoms with Crippen molar-refractivity contribution in [1.82, 2.24) is 4.90 Å². The van der Waals surface area contributed by atoms with Crippen LogP contribution in [-0.2, 0) is 4.79 Å². The topological polar surface area (TPSA) is 44.4 Å². The fourth-order valence-electron chi connectivity index (χ4n) is 2.66. The largest absolute Gasteiger partial charge is 0.385 e. The van der Waals surface area contributed by atoms with Crippen LogP contribution in [0, 0.1) is 5.92 Å². The maximum absolute atomic E-state index is 11.4. The Hall–Kier alpha value is -1.55. The van der Waals surface area contributed by atoms with Crippen LogP contribution in [-0.4, -0.2) is 37.5 Å². The van der Waals surface area contributed by atoms with Crippen molar-refractivity contribution in [2.45, 2.75) is 26.2 Å². The minimum atomic E-state index is 0.0519. The lowest BCUT2D eigenvalue weighted by Gasteiger charge is -2.30. The monoisotopic (exact) mass is 275 g/mol. The van der Waals surface area contributed by atoms with Gasteiger partial charge in [-0.3, -0.25) is 4.79 Å². The van der Waals surface area contributed by atoms with E-state index in [1.165, 1.54) is 25.9 Å². The molecule has 0 spiro atoms. The third kappa shape index (κ3) is 4.53. The van der Waals surface area contributed by atoms with Gasteiger partial charge in [0.05, 0.1) is 0 Å². The lowest BCUT2D eigenvalue weighted by atomic mass is 9.98. The van der Waals surface area contributed by atoms with Gasteiger partial charge < -0.3 is 15.5 Å². The molecule has 1 aromatic rings. The van der Waals surface area contributed by atoms with Crippen molar-refractivity contribution in [2.24, 2.45) is 5.92 Å². The smallest absolute Gasteiger partial charge is 0.224 e. The van der Waals surface area contributed by atoms with E-state index in [-0.39, 0.29) is 5.91 Å². The lowest BCUT2D eigenvalue weighted by molar-refractivity contribution is -0.115. The third-order valence-corrected chi connectivity index (χ3v) is 3.78. The third-order valence-electron chi connectivity index (χ3n) is 3.78. The van der Waals surface area contributed by atoms with Crippen molar-refractivity contribution in [2.75, 3.05) is 37.3 Å². The average Bonchev–Trinajstić information content (AvgIpc) is 2.45. The highest BCUT2D eigenvalue weighted by atomic mass is 16.1. The van der Waals surface area contributed by atoms with Gasteiger partial charge in [-0.2, -0.15) is 0 Å². The second kappa shape index (κ2) is 7.29. The summed E-state index contributed by atoms with van der Waals surface area (Å²) in [5, 5.41) is 6.38. The van der Waals surface area contributed by atoms with E-state index in [1.807, 2.05) is 31.2 Å². The van der Waals surface area contributed by atoms with Crippen molar-refractivity contribution in [1.29, 1.82) is 0 Å². The first kappa shape index (κ1) is 14.9. The fourth-order valence-corrected chi connectivity index (χ4v) is 2.66. The van der Waals surface area contributed by atoms with Gasteiger partial charge in [-0.1, -0.05) is 13.0 Å².